The summed E-state index contributed by atoms with van der Waals surface area (Å²) in [6, 6.07) is 11.5. The van der Waals surface area contributed by atoms with Crippen molar-refractivity contribution in [2.24, 2.45) is 0 Å². The van der Waals surface area contributed by atoms with Crippen LogP contribution in [0.1, 0.15) is 17.2 Å². The third-order valence-electron chi connectivity index (χ3n) is 3.05. The van der Waals surface area contributed by atoms with Gasteiger partial charge in [-0.2, -0.15) is 0 Å². The normalized spacial score (nSPS) is 12.7. The van der Waals surface area contributed by atoms with Crippen molar-refractivity contribution in [2.75, 3.05) is 0 Å². The fourth-order valence-electron chi connectivity index (χ4n) is 2.11. The Morgan fingerprint density at radius 3 is 2.72 bits per heavy atom. The summed E-state index contributed by atoms with van der Waals surface area (Å²) in [6.07, 6.45) is 5.10. The van der Waals surface area contributed by atoms with Crippen molar-refractivity contribution in [3.05, 3.63) is 66.2 Å². The van der Waals surface area contributed by atoms with Crippen molar-refractivity contribution >= 4 is 11.0 Å². The van der Waals surface area contributed by atoms with Crippen LogP contribution >= 0.6 is 0 Å². The lowest BCUT2D eigenvalue weighted by molar-refractivity contribution is 0.179. The molecular weight excluding hydrogens is 226 g/mol. The molecule has 1 atom stereocenters. The average molecular weight is 239 g/mol. The summed E-state index contributed by atoms with van der Waals surface area (Å²) in [6.45, 7) is 0. The number of nitrogens with zero attached hydrogens (tertiary/aromatic N) is 1. The molecule has 1 unspecified atom stereocenters. The van der Waals surface area contributed by atoms with E-state index in [9.17, 15) is 5.11 Å². The van der Waals surface area contributed by atoms with Crippen LogP contribution in [0.15, 0.2) is 59.5 Å². The van der Waals surface area contributed by atoms with E-state index in [1.54, 1.807) is 18.7 Å². The quantitative estimate of drug-likeness (QED) is 0.763. The van der Waals surface area contributed by atoms with Crippen LogP contribution in [-0.2, 0) is 6.42 Å². The summed E-state index contributed by atoms with van der Waals surface area (Å²) >= 11 is 0. The van der Waals surface area contributed by atoms with Gasteiger partial charge in [-0.3, -0.25) is 4.98 Å². The summed E-state index contributed by atoms with van der Waals surface area (Å²) in [5, 5.41) is 11.3. The lowest BCUT2D eigenvalue weighted by atomic mass is 10.0. The molecule has 0 amide bonds. The zero-order valence-corrected chi connectivity index (χ0v) is 9.78. The predicted molar refractivity (Wildman–Crippen MR) is 69.1 cm³/mol. The Hall–Kier alpha value is -2.13. The first-order valence-electron chi connectivity index (χ1n) is 5.87. The molecular formula is C15H13NO2. The molecule has 0 fully saturated rings. The maximum absolute atomic E-state index is 10.3. The van der Waals surface area contributed by atoms with Crippen LogP contribution in [0, 0.1) is 0 Å². The molecule has 18 heavy (non-hydrogen) atoms. The van der Waals surface area contributed by atoms with Crippen LogP contribution < -0.4 is 0 Å². The molecule has 3 heteroatoms. The standard InChI is InChI=1S/C15H13NO2/c17-14(9-11-5-7-16-8-6-11)13-10-18-15-4-2-1-3-12(13)15/h1-8,10,14,17H,9H2. The van der Waals surface area contributed by atoms with E-state index in [0.717, 1.165) is 22.1 Å². The molecule has 0 aliphatic heterocycles. The van der Waals surface area contributed by atoms with E-state index in [1.165, 1.54) is 0 Å². The molecule has 3 aromatic rings. The molecule has 1 aromatic carbocycles. The number of hydrogen-bond acceptors (Lipinski definition) is 3. The zero-order valence-electron chi connectivity index (χ0n) is 9.78. The van der Waals surface area contributed by atoms with Gasteiger partial charge in [-0.05, 0) is 23.8 Å². The lowest BCUT2D eigenvalue weighted by Crippen LogP contribution is -2.00. The number of fused-ring (bicyclic) bond motifs is 1. The highest BCUT2D eigenvalue weighted by molar-refractivity contribution is 5.81. The Kier molecular flexibility index (Phi) is 2.82. The number of pyridine rings is 1. The molecule has 0 saturated heterocycles. The zero-order chi connectivity index (χ0) is 12.4. The van der Waals surface area contributed by atoms with Gasteiger partial charge in [0.15, 0.2) is 0 Å². The number of furan rings is 1. The minimum Gasteiger partial charge on any atom is -0.464 e. The van der Waals surface area contributed by atoms with E-state index in [0.29, 0.717) is 6.42 Å². The molecule has 3 rings (SSSR count). The van der Waals surface area contributed by atoms with E-state index in [-0.39, 0.29) is 0 Å². The Morgan fingerprint density at radius 1 is 1.11 bits per heavy atom. The number of aromatic nitrogens is 1. The Labute approximate surface area is 105 Å². The highest BCUT2D eigenvalue weighted by atomic mass is 16.3. The number of aliphatic hydroxyl groups is 1. The summed E-state index contributed by atoms with van der Waals surface area (Å²) < 4.78 is 5.44. The van der Waals surface area contributed by atoms with Crippen molar-refractivity contribution in [3.8, 4) is 0 Å². The van der Waals surface area contributed by atoms with Gasteiger partial charge in [0.1, 0.15) is 5.58 Å². The van der Waals surface area contributed by atoms with Crippen molar-refractivity contribution in [2.45, 2.75) is 12.5 Å². The van der Waals surface area contributed by atoms with Crippen molar-refractivity contribution in [1.82, 2.24) is 4.98 Å². The van der Waals surface area contributed by atoms with Crippen LogP contribution in [0.5, 0.6) is 0 Å². The number of aliphatic hydroxyl groups excluding tert-OH is 1. The molecule has 2 heterocycles. The Morgan fingerprint density at radius 2 is 1.89 bits per heavy atom. The number of para-hydroxylation sites is 1. The van der Waals surface area contributed by atoms with Crippen LogP contribution in [0.2, 0.25) is 0 Å². The van der Waals surface area contributed by atoms with Crippen LogP contribution in [-0.4, -0.2) is 10.1 Å². The molecule has 0 aliphatic carbocycles. The largest absolute Gasteiger partial charge is 0.464 e. The minimum absolute atomic E-state index is 0.559. The van der Waals surface area contributed by atoms with Crippen molar-refractivity contribution < 1.29 is 9.52 Å². The fraction of sp³-hybridized carbons (Fsp3) is 0.133. The molecule has 0 spiro atoms. The first-order valence-corrected chi connectivity index (χ1v) is 5.87. The van der Waals surface area contributed by atoms with Gasteiger partial charge >= 0.3 is 0 Å². The molecule has 2 aromatic heterocycles. The van der Waals surface area contributed by atoms with E-state index in [1.807, 2.05) is 36.4 Å². The van der Waals surface area contributed by atoms with Gasteiger partial charge in [-0.1, -0.05) is 18.2 Å². The molecule has 90 valence electrons. The summed E-state index contributed by atoms with van der Waals surface area (Å²) in [5.41, 5.74) is 2.70. The third-order valence-corrected chi connectivity index (χ3v) is 3.05. The number of benzene rings is 1. The first-order chi connectivity index (χ1) is 8.84. The maximum Gasteiger partial charge on any atom is 0.134 e. The van der Waals surface area contributed by atoms with Crippen molar-refractivity contribution in [1.29, 1.82) is 0 Å². The van der Waals surface area contributed by atoms with E-state index in [4.69, 9.17) is 4.42 Å². The SMILES string of the molecule is OC(Cc1ccncc1)c1coc2ccccc12. The molecule has 1 N–H and O–H groups in total. The highest BCUT2D eigenvalue weighted by Gasteiger charge is 2.14. The monoisotopic (exact) mass is 239 g/mol. The summed E-state index contributed by atoms with van der Waals surface area (Å²) in [7, 11) is 0. The third kappa shape index (κ3) is 2.00. The summed E-state index contributed by atoms with van der Waals surface area (Å²) in [5.74, 6) is 0. The molecule has 3 nitrogen and oxygen atoms in total. The van der Waals surface area contributed by atoms with Gasteiger partial charge in [0.25, 0.3) is 0 Å². The number of hydrogen-bond donors (Lipinski definition) is 1. The molecule has 0 bridgehead atoms. The smallest absolute Gasteiger partial charge is 0.134 e. The fourth-order valence-corrected chi connectivity index (χ4v) is 2.11. The molecule has 0 radical (unpaired) electrons. The van der Waals surface area contributed by atoms with E-state index in [2.05, 4.69) is 4.98 Å². The molecule has 0 aliphatic rings. The highest BCUT2D eigenvalue weighted by Crippen LogP contribution is 2.28. The number of rotatable bonds is 3. The minimum atomic E-state index is -0.559. The van der Waals surface area contributed by atoms with Gasteiger partial charge < -0.3 is 9.52 Å². The van der Waals surface area contributed by atoms with Crippen LogP contribution in [0.4, 0.5) is 0 Å². The van der Waals surface area contributed by atoms with Gasteiger partial charge in [-0.25, -0.2) is 0 Å². The first kappa shape index (κ1) is 11.0. The second-order valence-electron chi connectivity index (χ2n) is 4.26. The second-order valence-corrected chi connectivity index (χ2v) is 4.26. The van der Waals surface area contributed by atoms with Crippen LogP contribution in [0.3, 0.4) is 0 Å². The van der Waals surface area contributed by atoms with Crippen LogP contribution in [0.25, 0.3) is 11.0 Å². The Balaban J connectivity index is 1.90. The average Bonchev–Trinajstić information content (AvgIpc) is 2.84. The lowest BCUT2D eigenvalue weighted by Gasteiger charge is -2.08. The Bertz CT molecular complexity index is 646. The van der Waals surface area contributed by atoms with Gasteiger partial charge in [-0.15, -0.1) is 0 Å². The topological polar surface area (TPSA) is 46.3 Å². The van der Waals surface area contributed by atoms with Crippen molar-refractivity contribution in [3.63, 3.8) is 0 Å². The predicted octanol–water partition coefficient (Wildman–Crippen LogP) is 3.10. The maximum atomic E-state index is 10.3. The molecule has 0 saturated carbocycles. The van der Waals surface area contributed by atoms with Gasteiger partial charge in [0.05, 0.1) is 12.4 Å². The van der Waals surface area contributed by atoms with Gasteiger partial charge in [0, 0.05) is 29.8 Å². The van der Waals surface area contributed by atoms with E-state index < -0.39 is 6.10 Å². The van der Waals surface area contributed by atoms with Gasteiger partial charge in [0.2, 0.25) is 0 Å². The van der Waals surface area contributed by atoms with E-state index >= 15 is 0 Å². The summed E-state index contributed by atoms with van der Waals surface area (Å²) in [4.78, 5) is 3.97. The second kappa shape index (κ2) is 4.63.